The van der Waals surface area contributed by atoms with Crippen LogP contribution < -0.4 is 0 Å². The fourth-order valence-corrected chi connectivity index (χ4v) is 1.84. The highest BCUT2D eigenvalue weighted by Crippen LogP contribution is 1.92. The Morgan fingerprint density at radius 2 is 0.821 bits per heavy atom. The Bertz CT molecular complexity index is 684. The van der Waals surface area contributed by atoms with Crippen LogP contribution in [0.3, 0.4) is 0 Å². The fraction of sp³-hybridized carbons (Fsp3) is 0.160. The van der Waals surface area contributed by atoms with E-state index in [4.69, 9.17) is 0 Å². The summed E-state index contributed by atoms with van der Waals surface area (Å²) in [5.41, 5.74) is 5.05. The summed E-state index contributed by atoms with van der Waals surface area (Å²) < 4.78 is 0. The second kappa shape index (κ2) is 14.8. The van der Waals surface area contributed by atoms with Crippen LogP contribution in [0.25, 0.3) is 0 Å². The Morgan fingerprint density at radius 3 is 1.04 bits per heavy atom. The fourth-order valence-electron chi connectivity index (χ4n) is 1.84. The predicted molar refractivity (Wildman–Crippen MR) is 118 cm³/mol. The maximum absolute atomic E-state index is 3.88. The van der Waals surface area contributed by atoms with Gasteiger partial charge in [0.1, 0.15) is 0 Å². The first-order valence-electron chi connectivity index (χ1n) is 9.19. The molecule has 0 bridgehead atoms. The normalized spacial score (nSPS) is 8.71. The summed E-state index contributed by atoms with van der Waals surface area (Å²) >= 11 is 0. The van der Waals surface area contributed by atoms with Gasteiger partial charge in [-0.3, -0.25) is 15.0 Å². The van der Waals surface area contributed by atoms with Crippen molar-refractivity contribution in [1.82, 2.24) is 15.0 Å². The summed E-state index contributed by atoms with van der Waals surface area (Å²) in [6.07, 6.45) is 10.8. The van der Waals surface area contributed by atoms with Crippen LogP contribution in [0.2, 0.25) is 0 Å². The molecule has 0 atom stereocenters. The van der Waals surface area contributed by atoms with Gasteiger partial charge in [0.25, 0.3) is 0 Å². The van der Waals surface area contributed by atoms with E-state index in [0.29, 0.717) is 0 Å². The lowest BCUT2D eigenvalue weighted by atomic mass is 10.2. The van der Waals surface area contributed by atoms with Crippen molar-refractivity contribution in [3.63, 3.8) is 0 Å². The van der Waals surface area contributed by atoms with Gasteiger partial charge in [-0.1, -0.05) is 42.0 Å². The molecule has 4 rings (SSSR count). The first kappa shape index (κ1) is 22.7. The molecule has 0 radical (unpaired) electrons. The van der Waals surface area contributed by atoms with E-state index in [1.807, 2.05) is 81.6 Å². The lowest BCUT2D eigenvalue weighted by Gasteiger charge is -1.82. The van der Waals surface area contributed by atoms with Crippen LogP contribution in [-0.2, 0) is 0 Å². The molecule has 0 saturated heterocycles. The van der Waals surface area contributed by atoms with Crippen LogP contribution in [0.1, 0.15) is 22.3 Å². The summed E-state index contributed by atoms with van der Waals surface area (Å²) in [6.45, 7) is 8.19. The molecule has 0 aliphatic carbocycles. The number of benzene rings is 1. The molecule has 3 aromatic heterocycles. The third-order valence-electron chi connectivity index (χ3n) is 3.44. The molecule has 0 unspecified atom stereocenters. The zero-order valence-corrected chi connectivity index (χ0v) is 17.2. The Labute approximate surface area is 169 Å². The lowest BCUT2D eigenvalue weighted by molar-refractivity contribution is 1.27. The van der Waals surface area contributed by atoms with Crippen molar-refractivity contribution in [2.75, 3.05) is 0 Å². The topological polar surface area (TPSA) is 38.7 Å². The minimum atomic E-state index is 1.21. The van der Waals surface area contributed by atoms with E-state index in [9.17, 15) is 0 Å². The Balaban J connectivity index is 0.000000187. The van der Waals surface area contributed by atoms with Gasteiger partial charge < -0.3 is 0 Å². The highest BCUT2D eigenvalue weighted by molar-refractivity contribution is 5.11. The maximum atomic E-state index is 3.88. The molecule has 144 valence electrons. The number of nitrogens with zero attached hydrogens (tertiary/aromatic N) is 3. The van der Waals surface area contributed by atoms with Gasteiger partial charge in [0.2, 0.25) is 0 Å². The van der Waals surface area contributed by atoms with Gasteiger partial charge in [-0.2, -0.15) is 0 Å². The van der Waals surface area contributed by atoms with Gasteiger partial charge in [0.05, 0.1) is 0 Å². The summed E-state index contributed by atoms with van der Waals surface area (Å²) in [4.78, 5) is 11.6. The highest BCUT2D eigenvalue weighted by Gasteiger charge is 1.74. The average Bonchev–Trinajstić information content (AvgIpc) is 2.72. The molecule has 0 spiro atoms. The average molecular weight is 372 g/mol. The molecule has 0 N–H and O–H groups in total. The van der Waals surface area contributed by atoms with E-state index in [1.54, 1.807) is 31.0 Å². The van der Waals surface area contributed by atoms with E-state index in [0.717, 1.165) is 0 Å². The predicted octanol–water partition coefficient (Wildman–Crippen LogP) is 6.17. The van der Waals surface area contributed by atoms with Crippen molar-refractivity contribution < 1.29 is 0 Å². The number of aromatic nitrogens is 3. The molecular formula is C25H29N3. The number of hydrogen-bond acceptors (Lipinski definition) is 3. The summed E-state index contributed by atoms with van der Waals surface area (Å²) in [6, 6.07) is 22.1. The molecule has 0 fully saturated rings. The highest BCUT2D eigenvalue weighted by atomic mass is 14.6. The van der Waals surface area contributed by atoms with Gasteiger partial charge in [-0.05, 0) is 74.7 Å². The van der Waals surface area contributed by atoms with E-state index >= 15 is 0 Å². The molecule has 4 aromatic rings. The summed E-state index contributed by atoms with van der Waals surface area (Å²) in [5, 5.41) is 0. The maximum Gasteiger partial charge on any atom is 0.0297 e. The summed E-state index contributed by atoms with van der Waals surface area (Å²) in [5.74, 6) is 0. The van der Waals surface area contributed by atoms with Crippen LogP contribution in [0, 0.1) is 27.7 Å². The van der Waals surface area contributed by atoms with Gasteiger partial charge in [0, 0.05) is 37.2 Å². The van der Waals surface area contributed by atoms with E-state index < -0.39 is 0 Å². The number of pyridine rings is 3. The van der Waals surface area contributed by atoms with Gasteiger partial charge in [-0.15, -0.1) is 0 Å². The quantitative estimate of drug-likeness (QED) is 0.371. The smallest absolute Gasteiger partial charge is 0.0297 e. The zero-order valence-electron chi connectivity index (χ0n) is 17.2. The molecule has 3 heterocycles. The van der Waals surface area contributed by atoms with Gasteiger partial charge in [0.15, 0.2) is 0 Å². The van der Waals surface area contributed by atoms with Gasteiger partial charge in [-0.25, -0.2) is 0 Å². The Kier molecular flexibility index (Phi) is 12.0. The first-order valence-corrected chi connectivity index (χ1v) is 9.19. The number of aryl methyl sites for hydroxylation is 4. The van der Waals surface area contributed by atoms with E-state index in [-0.39, 0.29) is 0 Å². The molecule has 28 heavy (non-hydrogen) atoms. The van der Waals surface area contributed by atoms with Crippen molar-refractivity contribution >= 4 is 0 Å². The third kappa shape index (κ3) is 13.0. The molecule has 3 heteroatoms. The number of hydrogen-bond donors (Lipinski definition) is 0. The van der Waals surface area contributed by atoms with Crippen LogP contribution >= 0.6 is 0 Å². The largest absolute Gasteiger partial charge is 0.265 e. The molecule has 0 aliphatic heterocycles. The van der Waals surface area contributed by atoms with Crippen LogP contribution in [0.15, 0.2) is 104 Å². The lowest BCUT2D eigenvalue weighted by Crippen LogP contribution is -1.69. The molecule has 3 nitrogen and oxygen atoms in total. The van der Waals surface area contributed by atoms with Crippen LogP contribution in [0.4, 0.5) is 0 Å². The van der Waals surface area contributed by atoms with Crippen molar-refractivity contribution in [3.8, 4) is 0 Å². The second-order valence-corrected chi connectivity index (χ2v) is 6.23. The van der Waals surface area contributed by atoms with Crippen LogP contribution in [-0.4, -0.2) is 15.0 Å². The first-order chi connectivity index (χ1) is 13.6. The molecule has 0 aliphatic rings. The van der Waals surface area contributed by atoms with Crippen LogP contribution in [0.5, 0.6) is 0 Å². The summed E-state index contributed by atoms with van der Waals surface area (Å²) in [7, 11) is 0. The van der Waals surface area contributed by atoms with Crippen molar-refractivity contribution in [3.05, 3.63) is 126 Å². The molecular weight excluding hydrogens is 342 g/mol. The van der Waals surface area contributed by atoms with Crippen molar-refractivity contribution in [2.45, 2.75) is 27.7 Å². The van der Waals surface area contributed by atoms with E-state index in [2.05, 4.69) is 34.0 Å². The standard InChI is InChI=1S/C7H8.3C6H7N/c1-7-5-3-2-4-6-7;2*1-6-2-4-7-5-3-6;1-6-3-2-4-7-5-6/h2-6H,1H3;3*2-5H,1H3. The second-order valence-electron chi connectivity index (χ2n) is 6.23. The van der Waals surface area contributed by atoms with Crippen molar-refractivity contribution in [1.29, 1.82) is 0 Å². The zero-order chi connectivity index (χ0) is 20.5. The minimum Gasteiger partial charge on any atom is -0.265 e. The minimum absolute atomic E-state index is 1.21. The van der Waals surface area contributed by atoms with E-state index in [1.165, 1.54) is 22.3 Å². The van der Waals surface area contributed by atoms with Gasteiger partial charge >= 0.3 is 0 Å². The van der Waals surface area contributed by atoms with Crippen molar-refractivity contribution in [2.24, 2.45) is 0 Å². The third-order valence-corrected chi connectivity index (χ3v) is 3.44. The Morgan fingerprint density at radius 1 is 0.393 bits per heavy atom. The Hall–Kier alpha value is -3.33. The SMILES string of the molecule is Cc1ccccc1.Cc1cccnc1.Cc1ccncc1.Cc1ccncc1. The number of rotatable bonds is 0. The molecule has 0 saturated carbocycles. The molecule has 1 aromatic carbocycles. The molecule has 0 amide bonds. The monoisotopic (exact) mass is 371 g/mol.